The number of benzene rings is 1. The molecule has 2 fully saturated rings. The maximum atomic E-state index is 12.6. The topological polar surface area (TPSA) is 140 Å². The molecule has 11 heteroatoms. The van der Waals surface area contributed by atoms with Crippen molar-refractivity contribution in [2.75, 3.05) is 11.4 Å². The largest absolute Gasteiger partial charge is 0.439 e. The van der Waals surface area contributed by atoms with Gasteiger partial charge in [0.2, 0.25) is 11.8 Å². The van der Waals surface area contributed by atoms with Crippen molar-refractivity contribution in [2.45, 2.75) is 18.4 Å². The van der Waals surface area contributed by atoms with Crippen LogP contribution in [0.15, 0.2) is 77.7 Å². The molecular weight excluding hydrogens is 476 g/mol. The van der Waals surface area contributed by atoms with Crippen LogP contribution in [0.25, 0.3) is 22.8 Å². The Morgan fingerprint density at radius 2 is 1.62 bits per heavy atom. The molecule has 1 aromatic carbocycles. The molecule has 0 bridgehead atoms. The lowest BCUT2D eigenvalue weighted by Gasteiger charge is -2.38. The van der Waals surface area contributed by atoms with E-state index in [4.69, 9.17) is 9.15 Å². The molecule has 0 saturated carbocycles. The van der Waals surface area contributed by atoms with Crippen LogP contribution < -0.4 is 20.3 Å². The number of hydrogen-bond donors (Lipinski definition) is 2. The van der Waals surface area contributed by atoms with Crippen LogP contribution in [-0.2, 0) is 9.59 Å². The standard InChI is InChI=1S/C26H20N6O5/c33-23-26(24(34)31-25(35)30-23)10-1-13-32(26)18-4-7-21(28-14-18)36-19-5-2-16(3-6-19)20-15-29-22(37-20)17-8-11-27-12-9-17/h2-9,11-12,14-15H,1,10,13H2,(H2,30,31,33,34,35). The van der Waals surface area contributed by atoms with E-state index in [1.807, 2.05) is 24.3 Å². The Bertz CT molecular complexity index is 1460. The van der Waals surface area contributed by atoms with Gasteiger partial charge in [0.25, 0.3) is 11.8 Å². The molecule has 2 aliphatic heterocycles. The lowest BCUT2D eigenvalue weighted by Crippen LogP contribution is -2.71. The quantitative estimate of drug-likeness (QED) is 0.398. The van der Waals surface area contributed by atoms with Gasteiger partial charge in [0.15, 0.2) is 11.3 Å². The first-order valence-electron chi connectivity index (χ1n) is 11.6. The molecule has 184 valence electrons. The third-order valence-electron chi connectivity index (χ3n) is 6.41. The molecule has 0 radical (unpaired) electrons. The summed E-state index contributed by atoms with van der Waals surface area (Å²) < 4.78 is 11.7. The first-order valence-corrected chi connectivity index (χ1v) is 11.6. The highest BCUT2D eigenvalue weighted by atomic mass is 16.5. The minimum Gasteiger partial charge on any atom is -0.439 e. The molecule has 6 rings (SSSR count). The van der Waals surface area contributed by atoms with Crippen LogP contribution in [0.1, 0.15) is 12.8 Å². The first-order chi connectivity index (χ1) is 18.0. The summed E-state index contributed by atoms with van der Waals surface area (Å²) >= 11 is 0. The summed E-state index contributed by atoms with van der Waals surface area (Å²) in [5, 5.41) is 4.40. The highest BCUT2D eigenvalue weighted by Gasteiger charge is 2.57. The third kappa shape index (κ3) is 3.96. The van der Waals surface area contributed by atoms with Gasteiger partial charge in [-0.25, -0.2) is 14.8 Å². The maximum Gasteiger partial charge on any atom is 0.328 e. The Hall–Kier alpha value is -5.06. The Morgan fingerprint density at radius 3 is 2.32 bits per heavy atom. The zero-order valence-corrected chi connectivity index (χ0v) is 19.4. The van der Waals surface area contributed by atoms with Gasteiger partial charge in [0.05, 0.1) is 18.1 Å². The van der Waals surface area contributed by atoms with Crippen LogP contribution in [0.2, 0.25) is 0 Å². The van der Waals surface area contributed by atoms with Crippen LogP contribution in [0, 0.1) is 0 Å². The normalized spacial score (nSPS) is 16.5. The molecule has 4 amide bonds. The maximum absolute atomic E-state index is 12.6. The van der Waals surface area contributed by atoms with E-state index >= 15 is 0 Å². The number of rotatable bonds is 5. The molecule has 4 aromatic rings. The van der Waals surface area contributed by atoms with Crippen molar-refractivity contribution < 1.29 is 23.5 Å². The van der Waals surface area contributed by atoms with E-state index in [-0.39, 0.29) is 0 Å². The minimum atomic E-state index is -1.47. The average Bonchev–Trinajstić information content (AvgIpc) is 3.58. The van der Waals surface area contributed by atoms with Crippen molar-refractivity contribution in [3.05, 3.63) is 73.3 Å². The van der Waals surface area contributed by atoms with Crippen molar-refractivity contribution in [3.63, 3.8) is 0 Å². The summed E-state index contributed by atoms with van der Waals surface area (Å²) in [6, 6.07) is 13.5. The number of barbiturate groups is 1. The number of aromatic nitrogens is 3. The summed E-state index contributed by atoms with van der Waals surface area (Å²) in [6.45, 7) is 0.475. The monoisotopic (exact) mass is 496 g/mol. The van der Waals surface area contributed by atoms with Crippen LogP contribution >= 0.6 is 0 Å². The first kappa shape index (κ1) is 22.4. The number of carbonyl (C=O) groups excluding carboxylic acids is 3. The second-order valence-electron chi connectivity index (χ2n) is 8.60. The van der Waals surface area contributed by atoms with Crippen LogP contribution in [0.5, 0.6) is 11.6 Å². The van der Waals surface area contributed by atoms with Crippen LogP contribution in [0.3, 0.4) is 0 Å². The number of urea groups is 1. The predicted octanol–water partition coefficient (Wildman–Crippen LogP) is 3.30. The van der Waals surface area contributed by atoms with E-state index in [9.17, 15) is 14.4 Å². The zero-order chi connectivity index (χ0) is 25.4. The highest BCUT2D eigenvalue weighted by Crippen LogP contribution is 2.36. The molecule has 1 spiro atoms. The summed E-state index contributed by atoms with van der Waals surface area (Å²) in [4.78, 5) is 51.2. The lowest BCUT2D eigenvalue weighted by molar-refractivity contribution is -0.137. The van der Waals surface area contributed by atoms with Gasteiger partial charge in [0, 0.05) is 36.1 Å². The molecule has 2 aliphatic rings. The fourth-order valence-electron chi connectivity index (χ4n) is 4.62. The second-order valence-corrected chi connectivity index (χ2v) is 8.60. The number of hydrogen-bond acceptors (Lipinski definition) is 9. The van der Waals surface area contributed by atoms with Crippen LogP contribution in [-0.4, -0.2) is 44.9 Å². The number of ether oxygens (including phenoxy) is 1. The van der Waals surface area contributed by atoms with E-state index in [2.05, 4.69) is 25.6 Å². The smallest absolute Gasteiger partial charge is 0.328 e. The number of anilines is 1. The minimum absolute atomic E-state index is 0.303. The number of carbonyl (C=O) groups is 3. The van der Waals surface area contributed by atoms with Crippen molar-refractivity contribution >= 4 is 23.5 Å². The van der Waals surface area contributed by atoms with E-state index in [0.29, 0.717) is 48.4 Å². The van der Waals surface area contributed by atoms with Crippen molar-refractivity contribution in [2.24, 2.45) is 0 Å². The second kappa shape index (κ2) is 8.86. The molecule has 11 nitrogen and oxygen atoms in total. The van der Waals surface area contributed by atoms with Gasteiger partial charge in [-0.1, -0.05) is 0 Å². The molecule has 2 N–H and O–H groups in total. The van der Waals surface area contributed by atoms with Crippen molar-refractivity contribution in [3.8, 4) is 34.4 Å². The van der Waals surface area contributed by atoms with Gasteiger partial charge in [-0.2, -0.15) is 0 Å². The number of amides is 4. The summed E-state index contributed by atoms with van der Waals surface area (Å²) in [5.41, 5.74) is 0.792. The molecule has 2 saturated heterocycles. The van der Waals surface area contributed by atoms with E-state index in [1.54, 1.807) is 54.0 Å². The van der Waals surface area contributed by atoms with Crippen molar-refractivity contribution in [1.82, 2.24) is 25.6 Å². The molecule has 3 aromatic heterocycles. The SMILES string of the molecule is O=C1NC(=O)C2(CCCN2c2ccc(Oc3ccc(-c4cnc(-c5ccncc5)o4)cc3)nc2)C(=O)N1. The molecule has 37 heavy (non-hydrogen) atoms. The van der Waals surface area contributed by atoms with Gasteiger partial charge in [-0.05, 0) is 55.3 Å². The van der Waals surface area contributed by atoms with Gasteiger partial charge < -0.3 is 14.1 Å². The Labute approximate surface area is 210 Å². The molecular formula is C26H20N6O5. The van der Waals surface area contributed by atoms with E-state index in [0.717, 1.165) is 11.1 Å². The molecule has 0 aliphatic carbocycles. The summed E-state index contributed by atoms with van der Waals surface area (Å²) in [7, 11) is 0. The average molecular weight is 496 g/mol. The van der Waals surface area contributed by atoms with Gasteiger partial charge in [-0.15, -0.1) is 0 Å². The molecule has 0 atom stereocenters. The van der Waals surface area contributed by atoms with Gasteiger partial charge in [0.1, 0.15) is 5.75 Å². The Morgan fingerprint density at radius 1 is 0.865 bits per heavy atom. The highest BCUT2D eigenvalue weighted by molar-refractivity contribution is 6.24. The van der Waals surface area contributed by atoms with Gasteiger partial charge >= 0.3 is 6.03 Å². The van der Waals surface area contributed by atoms with Crippen LogP contribution in [0.4, 0.5) is 10.5 Å². The third-order valence-corrected chi connectivity index (χ3v) is 6.41. The summed E-state index contributed by atoms with van der Waals surface area (Å²) in [6.07, 6.45) is 7.50. The van der Waals surface area contributed by atoms with Gasteiger partial charge in [-0.3, -0.25) is 25.2 Å². The fraction of sp³-hybridized carbons (Fsp3) is 0.154. The molecule has 5 heterocycles. The predicted molar refractivity (Wildman–Crippen MR) is 130 cm³/mol. The number of oxazole rings is 1. The molecule has 0 unspecified atom stereocenters. The summed E-state index contributed by atoms with van der Waals surface area (Å²) in [5.74, 6) is 0.796. The van der Waals surface area contributed by atoms with E-state index < -0.39 is 23.4 Å². The number of pyridine rings is 2. The van der Waals surface area contributed by atoms with E-state index in [1.165, 1.54) is 0 Å². The zero-order valence-electron chi connectivity index (χ0n) is 19.4. The number of imide groups is 2. The van der Waals surface area contributed by atoms with Crippen molar-refractivity contribution in [1.29, 1.82) is 0 Å². The fourth-order valence-corrected chi connectivity index (χ4v) is 4.62. The Balaban J connectivity index is 1.16. The Kier molecular flexibility index (Phi) is 5.37. The number of nitrogens with zero attached hydrogens (tertiary/aromatic N) is 4. The lowest BCUT2D eigenvalue weighted by atomic mass is 9.92. The number of nitrogens with one attached hydrogen (secondary N) is 2.